The van der Waals surface area contributed by atoms with Gasteiger partial charge in [0, 0.05) is 6.61 Å². The van der Waals surface area contributed by atoms with Crippen LogP contribution in [-0.2, 0) is 4.74 Å². The maximum atomic E-state index is 13.5. The summed E-state index contributed by atoms with van der Waals surface area (Å²) < 4.78 is 195. The third kappa shape index (κ3) is 3.75. The van der Waals surface area contributed by atoms with Crippen LogP contribution in [0.25, 0.3) is 0 Å². The topological polar surface area (TPSA) is 29.5 Å². The highest BCUT2D eigenvalue weighted by Gasteiger charge is 2.97. The fourth-order valence-corrected chi connectivity index (χ4v) is 1.75. The van der Waals surface area contributed by atoms with Gasteiger partial charge in [0.2, 0.25) is 0 Å². The summed E-state index contributed by atoms with van der Waals surface area (Å²) in [5, 5.41) is 8.24. The highest BCUT2D eigenvalue weighted by molar-refractivity contribution is 5.19. The third-order valence-corrected chi connectivity index (χ3v) is 3.02. The Morgan fingerprint density at radius 3 is 0.963 bits per heavy atom. The molecule has 1 N–H and O–H groups in total. The summed E-state index contributed by atoms with van der Waals surface area (Å²) in [6.45, 7) is -3.78. The van der Waals surface area contributed by atoms with E-state index in [1.807, 2.05) is 0 Å². The van der Waals surface area contributed by atoms with Gasteiger partial charge in [-0.25, -0.2) is 0 Å². The van der Waals surface area contributed by atoms with Crippen LogP contribution < -0.4 is 0 Å². The predicted molar refractivity (Wildman–Crippen MR) is 53.4 cm³/mol. The molecular weight excluding hydrogens is 437 g/mol. The Balaban J connectivity index is 7.28. The number of aliphatic hydroxyl groups excluding tert-OH is 1. The van der Waals surface area contributed by atoms with Crippen molar-refractivity contribution in [2.75, 3.05) is 13.2 Å². The van der Waals surface area contributed by atoms with Gasteiger partial charge < -0.3 is 9.84 Å². The first kappa shape index (κ1) is 25.9. The number of halogens is 15. The van der Waals surface area contributed by atoms with E-state index in [9.17, 15) is 65.9 Å². The van der Waals surface area contributed by atoms with E-state index in [2.05, 4.69) is 4.74 Å². The highest BCUT2D eigenvalue weighted by atomic mass is 19.4. The van der Waals surface area contributed by atoms with Crippen molar-refractivity contribution in [2.45, 2.75) is 48.3 Å². The molecule has 0 amide bonds. The summed E-state index contributed by atoms with van der Waals surface area (Å²) >= 11 is 0. The maximum absolute atomic E-state index is 13.5. The molecule has 0 aromatic rings. The first-order valence-corrected chi connectivity index (χ1v) is 6.14. The van der Waals surface area contributed by atoms with Crippen molar-refractivity contribution in [3.05, 3.63) is 0 Å². The lowest BCUT2D eigenvalue weighted by molar-refractivity contribution is -0.494. The Hall–Kier alpha value is -1.13. The molecule has 0 atom stereocenters. The number of rotatable bonds is 7. The van der Waals surface area contributed by atoms with E-state index in [1.54, 1.807) is 0 Å². The molecule has 0 fully saturated rings. The monoisotopic (exact) mass is 444 g/mol. The second-order valence-electron chi connectivity index (χ2n) is 4.82. The molecule has 0 bridgehead atoms. The van der Waals surface area contributed by atoms with Crippen molar-refractivity contribution >= 4 is 0 Å². The second kappa shape index (κ2) is 7.04. The van der Waals surface area contributed by atoms with Crippen molar-refractivity contribution in [3.63, 3.8) is 0 Å². The molecule has 0 rings (SSSR count). The summed E-state index contributed by atoms with van der Waals surface area (Å²) in [5.41, 5.74) is -7.79. The second-order valence-corrected chi connectivity index (χ2v) is 4.82. The molecule has 0 spiro atoms. The lowest BCUT2D eigenvalue weighted by Crippen LogP contribution is -2.81. The van der Waals surface area contributed by atoms with E-state index in [1.165, 1.54) is 0 Å². The smallest absolute Gasteiger partial charge is 0.396 e. The SMILES string of the molecule is OCCCOC(C(F)(F)C(F)(F)F)(C(F)(F)C(F)(F)F)C(F)(F)C(F)(F)F. The molecule has 0 aliphatic carbocycles. The quantitative estimate of drug-likeness (QED) is 0.455. The third-order valence-electron chi connectivity index (χ3n) is 3.02. The molecule has 0 aliphatic heterocycles. The van der Waals surface area contributed by atoms with Gasteiger partial charge in [-0.2, -0.15) is 65.9 Å². The molecule has 0 heterocycles. The van der Waals surface area contributed by atoms with Gasteiger partial charge in [-0.05, 0) is 6.42 Å². The lowest BCUT2D eigenvalue weighted by Gasteiger charge is -2.48. The van der Waals surface area contributed by atoms with Crippen molar-refractivity contribution < 1.29 is 75.7 Å². The average molecular weight is 444 g/mol. The fraction of sp³-hybridized carbons (Fsp3) is 1.00. The Bertz CT molecular complexity index is 436. The molecule has 0 aromatic heterocycles. The predicted octanol–water partition coefficient (Wildman–Crippen LogP) is 4.72. The molecule has 0 unspecified atom stereocenters. The molecule has 0 radical (unpaired) electrons. The first-order chi connectivity index (χ1) is 11.6. The molecule has 2 nitrogen and oxygen atoms in total. The van der Waals surface area contributed by atoms with Crippen molar-refractivity contribution in [2.24, 2.45) is 0 Å². The van der Waals surface area contributed by atoms with E-state index in [0.717, 1.165) is 0 Å². The van der Waals surface area contributed by atoms with Gasteiger partial charge >= 0.3 is 36.3 Å². The molecule has 0 saturated heterocycles. The minimum Gasteiger partial charge on any atom is -0.396 e. The standard InChI is InChI=1S/C10H7F15O2/c11-5(12,8(17,18)19)4(27-3-1-2-26,6(13,14)9(20,21)22)7(15,16)10(23,24)25/h26H,1-3H2. The number of aliphatic hydroxyl groups is 1. The summed E-state index contributed by atoms with van der Waals surface area (Å²) in [5.74, 6) is -24.2. The van der Waals surface area contributed by atoms with E-state index >= 15 is 0 Å². The van der Waals surface area contributed by atoms with E-state index < -0.39 is 61.5 Å². The number of ether oxygens (including phenoxy) is 1. The summed E-state index contributed by atoms with van der Waals surface area (Å²) in [4.78, 5) is 0. The van der Waals surface area contributed by atoms with Crippen LogP contribution in [0.4, 0.5) is 65.9 Å². The Labute approximate surface area is 138 Å². The highest BCUT2D eigenvalue weighted by Crippen LogP contribution is 2.65. The summed E-state index contributed by atoms with van der Waals surface area (Å²) in [6, 6.07) is 0. The van der Waals surface area contributed by atoms with Crippen LogP contribution in [0.1, 0.15) is 6.42 Å². The number of hydrogen-bond donors (Lipinski definition) is 1. The average Bonchev–Trinajstić information content (AvgIpc) is 2.38. The van der Waals surface area contributed by atoms with Gasteiger partial charge in [0.05, 0.1) is 6.61 Å². The van der Waals surface area contributed by atoms with Crippen LogP contribution in [0.2, 0.25) is 0 Å². The van der Waals surface area contributed by atoms with Crippen LogP contribution in [0.15, 0.2) is 0 Å². The van der Waals surface area contributed by atoms with Crippen LogP contribution >= 0.6 is 0 Å². The van der Waals surface area contributed by atoms with Crippen LogP contribution in [0.5, 0.6) is 0 Å². The molecule has 0 saturated carbocycles. The zero-order valence-corrected chi connectivity index (χ0v) is 12.1. The molecule has 0 aromatic carbocycles. The van der Waals surface area contributed by atoms with Crippen molar-refractivity contribution in [3.8, 4) is 0 Å². The number of hydrogen-bond acceptors (Lipinski definition) is 2. The van der Waals surface area contributed by atoms with E-state index in [4.69, 9.17) is 5.11 Å². The normalized spacial score (nSPS) is 16.0. The zero-order valence-electron chi connectivity index (χ0n) is 12.1. The molecular formula is C10H7F15O2. The van der Waals surface area contributed by atoms with Gasteiger partial charge in [0.1, 0.15) is 0 Å². The minimum atomic E-state index is -8.06. The molecule has 27 heavy (non-hydrogen) atoms. The van der Waals surface area contributed by atoms with Gasteiger partial charge in [0.15, 0.2) is 0 Å². The molecule has 0 aliphatic rings. The molecule has 17 heteroatoms. The first-order valence-electron chi connectivity index (χ1n) is 6.14. The van der Waals surface area contributed by atoms with Crippen molar-refractivity contribution in [1.82, 2.24) is 0 Å². The fourth-order valence-electron chi connectivity index (χ4n) is 1.75. The Kier molecular flexibility index (Phi) is 6.74. The summed E-state index contributed by atoms with van der Waals surface area (Å²) in [6.07, 6.45) is -24.7. The van der Waals surface area contributed by atoms with Gasteiger partial charge in [0.25, 0.3) is 5.60 Å². The number of alkyl halides is 15. The van der Waals surface area contributed by atoms with Gasteiger partial charge in [-0.1, -0.05) is 0 Å². The van der Waals surface area contributed by atoms with Crippen LogP contribution in [0, 0.1) is 0 Å². The van der Waals surface area contributed by atoms with Gasteiger partial charge in [-0.15, -0.1) is 0 Å². The summed E-state index contributed by atoms with van der Waals surface area (Å²) in [7, 11) is 0. The van der Waals surface area contributed by atoms with Gasteiger partial charge in [-0.3, -0.25) is 0 Å². The van der Waals surface area contributed by atoms with E-state index in [0.29, 0.717) is 0 Å². The van der Waals surface area contributed by atoms with Crippen LogP contribution in [-0.4, -0.2) is 60.2 Å². The zero-order chi connectivity index (χ0) is 22.3. The molecule has 164 valence electrons. The largest absolute Gasteiger partial charge is 0.456 e. The van der Waals surface area contributed by atoms with Crippen molar-refractivity contribution in [1.29, 1.82) is 0 Å². The lowest BCUT2D eigenvalue weighted by atomic mass is 9.79. The Morgan fingerprint density at radius 2 is 0.778 bits per heavy atom. The Morgan fingerprint density at radius 1 is 0.519 bits per heavy atom. The maximum Gasteiger partial charge on any atom is 0.456 e. The minimum absolute atomic E-state index is 1.41. The van der Waals surface area contributed by atoms with E-state index in [-0.39, 0.29) is 0 Å². The van der Waals surface area contributed by atoms with Crippen LogP contribution in [0.3, 0.4) is 0 Å².